The number of ether oxygens (including phenoxy) is 1. The van der Waals surface area contributed by atoms with Gasteiger partial charge in [0, 0.05) is 12.4 Å². The van der Waals surface area contributed by atoms with Gasteiger partial charge in [-0.15, -0.1) is 0 Å². The average molecular weight is 307 g/mol. The van der Waals surface area contributed by atoms with Gasteiger partial charge in [0.1, 0.15) is 13.1 Å². The van der Waals surface area contributed by atoms with Gasteiger partial charge in [0.2, 0.25) is 0 Å². The third-order valence-corrected chi connectivity index (χ3v) is 4.45. The average Bonchev–Trinajstić information content (AvgIpc) is 3.23. The van der Waals surface area contributed by atoms with Gasteiger partial charge in [0.05, 0.1) is 12.1 Å². The molecule has 2 heterocycles. The molecule has 4 nitrogen and oxygen atoms in total. The predicted octanol–water partition coefficient (Wildman–Crippen LogP) is 4.53. The fourth-order valence-corrected chi connectivity index (χ4v) is 3.06. The Bertz CT molecular complexity index is 353. The Morgan fingerprint density at radius 3 is 2.14 bits per heavy atom. The van der Waals surface area contributed by atoms with Crippen LogP contribution in [-0.2, 0) is 4.74 Å². The summed E-state index contributed by atoms with van der Waals surface area (Å²) in [6.45, 7) is 9.45. The fraction of sp³-hybridized carbons (Fsp3) is 0.833. The molecule has 0 amide bonds. The molecule has 0 aromatic rings. The third kappa shape index (κ3) is 6.39. The SMILES string of the molecule is CCCC(CC)C1C=NC=N1.CCCC(CC)C1C=NCO1. The molecule has 0 fully saturated rings. The highest BCUT2D eigenvalue weighted by atomic mass is 16.5. The Hall–Kier alpha value is -1.03. The Morgan fingerprint density at radius 1 is 1.00 bits per heavy atom. The second kappa shape index (κ2) is 11.5. The van der Waals surface area contributed by atoms with Crippen molar-refractivity contribution in [3.05, 3.63) is 0 Å². The van der Waals surface area contributed by atoms with Gasteiger partial charge in [-0.25, -0.2) is 4.99 Å². The zero-order valence-electron chi connectivity index (χ0n) is 14.7. The van der Waals surface area contributed by atoms with Crippen LogP contribution in [-0.4, -0.2) is 37.6 Å². The first-order valence-corrected chi connectivity index (χ1v) is 8.93. The van der Waals surface area contributed by atoms with Gasteiger partial charge in [-0.2, -0.15) is 0 Å². The molecule has 4 atom stereocenters. The van der Waals surface area contributed by atoms with E-state index in [4.69, 9.17) is 4.74 Å². The van der Waals surface area contributed by atoms with Crippen LogP contribution in [0.15, 0.2) is 15.0 Å². The van der Waals surface area contributed by atoms with Gasteiger partial charge < -0.3 is 4.74 Å². The van der Waals surface area contributed by atoms with Crippen LogP contribution in [0.3, 0.4) is 0 Å². The molecule has 126 valence electrons. The summed E-state index contributed by atoms with van der Waals surface area (Å²) in [4.78, 5) is 12.3. The lowest BCUT2D eigenvalue weighted by molar-refractivity contribution is 0.0794. The van der Waals surface area contributed by atoms with Crippen molar-refractivity contribution in [2.75, 3.05) is 6.73 Å². The van der Waals surface area contributed by atoms with Gasteiger partial charge in [0.15, 0.2) is 0 Å². The highest BCUT2D eigenvalue weighted by Crippen LogP contribution is 2.19. The Kier molecular flexibility index (Phi) is 9.96. The van der Waals surface area contributed by atoms with Gasteiger partial charge in [-0.1, -0.05) is 53.4 Å². The maximum atomic E-state index is 5.44. The molecule has 0 bridgehead atoms. The molecular formula is C18H33N3O. The van der Waals surface area contributed by atoms with Crippen molar-refractivity contribution in [2.24, 2.45) is 26.8 Å². The zero-order chi connectivity index (χ0) is 16.2. The molecule has 0 aromatic heterocycles. The van der Waals surface area contributed by atoms with Crippen LogP contribution in [0.2, 0.25) is 0 Å². The van der Waals surface area contributed by atoms with E-state index < -0.39 is 0 Å². The van der Waals surface area contributed by atoms with Crippen molar-refractivity contribution in [3.8, 4) is 0 Å². The molecular weight excluding hydrogens is 274 g/mol. The normalized spacial score (nSPS) is 25.1. The van der Waals surface area contributed by atoms with Crippen LogP contribution in [0.4, 0.5) is 0 Å². The largest absolute Gasteiger partial charge is 0.350 e. The lowest BCUT2D eigenvalue weighted by atomic mass is 9.94. The molecule has 4 heteroatoms. The van der Waals surface area contributed by atoms with Crippen LogP contribution >= 0.6 is 0 Å². The van der Waals surface area contributed by atoms with Crippen LogP contribution in [0.1, 0.15) is 66.2 Å². The minimum Gasteiger partial charge on any atom is -0.350 e. The molecule has 0 aromatic carbocycles. The number of aliphatic imine (C=N–C) groups is 3. The van der Waals surface area contributed by atoms with Crippen LogP contribution < -0.4 is 0 Å². The Balaban J connectivity index is 0.000000220. The highest BCUT2D eigenvalue weighted by Gasteiger charge is 2.20. The quantitative estimate of drug-likeness (QED) is 0.649. The minimum absolute atomic E-state index is 0.306. The topological polar surface area (TPSA) is 46.3 Å². The predicted molar refractivity (Wildman–Crippen MR) is 96.4 cm³/mol. The molecule has 22 heavy (non-hydrogen) atoms. The van der Waals surface area contributed by atoms with E-state index in [1.54, 1.807) is 6.34 Å². The van der Waals surface area contributed by atoms with Crippen molar-refractivity contribution in [1.82, 2.24) is 0 Å². The maximum absolute atomic E-state index is 5.44. The van der Waals surface area contributed by atoms with Gasteiger partial charge in [-0.3, -0.25) is 9.98 Å². The van der Waals surface area contributed by atoms with Crippen LogP contribution in [0, 0.1) is 11.8 Å². The zero-order valence-corrected chi connectivity index (χ0v) is 14.7. The third-order valence-electron chi connectivity index (χ3n) is 4.45. The summed E-state index contributed by atoms with van der Waals surface area (Å²) in [5.74, 6) is 1.40. The minimum atomic E-state index is 0.306. The number of hydrogen-bond acceptors (Lipinski definition) is 4. The van der Waals surface area contributed by atoms with Crippen molar-refractivity contribution in [2.45, 2.75) is 78.4 Å². The highest BCUT2D eigenvalue weighted by molar-refractivity contribution is 5.82. The maximum Gasteiger partial charge on any atom is 0.138 e. The first kappa shape index (κ1) is 19.0. The second-order valence-electron chi connectivity index (χ2n) is 6.06. The fourth-order valence-electron chi connectivity index (χ4n) is 3.06. The van der Waals surface area contributed by atoms with E-state index in [-0.39, 0.29) is 0 Å². The summed E-state index contributed by atoms with van der Waals surface area (Å²) >= 11 is 0. The van der Waals surface area contributed by atoms with E-state index in [9.17, 15) is 0 Å². The van der Waals surface area contributed by atoms with Crippen molar-refractivity contribution >= 4 is 18.8 Å². The summed E-state index contributed by atoms with van der Waals surface area (Å²) in [5, 5.41) is 0. The lowest BCUT2D eigenvalue weighted by Crippen LogP contribution is -2.21. The Morgan fingerprint density at radius 2 is 1.68 bits per heavy atom. The summed E-state index contributed by atoms with van der Waals surface area (Å²) < 4.78 is 5.44. The molecule has 0 radical (unpaired) electrons. The van der Waals surface area contributed by atoms with E-state index in [2.05, 4.69) is 42.7 Å². The van der Waals surface area contributed by atoms with Gasteiger partial charge >= 0.3 is 0 Å². The van der Waals surface area contributed by atoms with Crippen LogP contribution in [0.25, 0.3) is 0 Å². The summed E-state index contributed by atoms with van der Waals surface area (Å²) in [7, 11) is 0. The molecule has 0 saturated carbocycles. The van der Waals surface area contributed by atoms with E-state index >= 15 is 0 Å². The molecule has 2 aliphatic rings. The van der Waals surface area contributed by atoms with Gasteiger partial charge in [-0.05, 0) is 24.7 Å². The van der Waals surface area contributed by atoms with Crippen molar-refractivity contribution < 1.29 is 4.74 Å². The van der Waals surface area contributed by atoms with Crippen molar-refractivity contribution in [3.63, 3.8) is 0 Å². The Labute approximate surface area is 136 Å². The van der Waals surface area contributed by atoms with E-state index in [1.165, 1.54) is 38.5 Å². The molecule has 2 rings (SSSR count). The van der Waals surface area contributed by atoms with Gasteiger partial charge in [0.25, 0.3) is 0 Å². The van der Waals surface area contributed by atoms with Crippen molar-refractivity contribution in [1.29, 1.82) is 0 Å². The molecule has 2 aliphatic heterocycles. The second-order valence-corrected chi connectivity index (χ2v) is 6.06. The molecule has 0 saturated heterocycles. The first-order chi connectivity index (χ1) is 10.8. The van der Waals surface area contributed by atoms with E-state index in [0.717, 1.165) is 0 Å². The van der Waals surface area contributed by atoms with E-state index in [1.807, 2.05) is 12.4 Å². The summed E-state index contributed by atoms with van der Waals surface area (Å²) in [6.07, 6.45) is 13.3. The number of nitrogens with zero attached hydrogens (tertiary/aromatic N) is 3. The monoisotopic (exact) mass is 307 g/mol. The molecule has 0 N–H and O–H groups in total. The number of hydrogen-bond donors (Lipinski definition) is 0. The van der Waals surface area contributed by atoms with Crippen LogP contribution in [0.5, 0.6) is 0 Å². The molecule has 4 unspecified atom stereocenters. The summed E-state index contributed by atoms with van der Waals surface area (Å²) in [5.41, 5.74) is 0. The lowest BCUT2D eigenvalue weighted by Gasteiger charge is -2.18. The standard InChI is InChI=1S/C9H16N2.C9H17NO/c2*1-3-5-8(4-2)9-6-10-7-11-9/h6-9H,3-5H2,1-2H3;6,8-9H,3-5,7H2,1-2H3. The summed E-state index contributed by atoms with van der Waals surface area (Å²) in [6, 6.07) is 0.375. The van der Waals surface area contributed by atoms with E-state index in [0.29, 0.717) is 30.7 Å². The number of rotatable bonds is 8. The first-order valence-electron chi connectivity index (χ1n) is 8.93. The molecule has 0 spiro atoms. The molecule has 0 aliphatic carbocycles. The smallest absolute Gasteiger partial charge is 0.138 e.